The number of amides is 1. The van der Waals surface area contributed by atoms with Crippen LogP contribution in [0.1, 0.15) is 91.3 Å². The van der Waals surface area contributed by atoms with Crippen LogP contribution in [0.4, 0.5) is 0 Å². The summed E-state index contributed by atoms with van der Waals surface area (Å²) in [4.78, 5) is 11.9. The van der Waals surface area contributed by atoms with E-state index < -0.39 is 5.60 Å². The molecule has 1 amide bonds. The highest BCUT2D eigenvalue weighted by Crippen LogP contribution is 2.30. The molecule has 11 heteroatoms. The number of nitrogens with zero attached hydrogens (tertiary/aromatic N) is 5. The van der Waals surface area contributed by atoms with Crippen molar-refractivity contribution < 1.29 is 18.7 Å². The molecule has 0 aliphatic carbocycles. The highest BCUT2D eigenvalue weighted by molar-refractivity contribution is 7.99. The van der Waals surface area contributed by atoms with Crippen molar-refractivity contribution in [3.05, 3.63) is 41.7 Å². The molecule has 0 radical (unpaired) electrons. The Labute approximate surface area is 248 Å². The quantitative estimate of drug-likeness (QED) is 0.131. The van der Waals surface area contributed by atoms with Crippen LogP contribution < -0.4 is 5.32 Å². The topological polar surface area (TPSA) is 117 Å². The van der Waals surface area contributed by atoms with Gasteiger partial charge in [-0.1, -0.05) is 55.8 Å². The molecule has 0 aliphatic heterocycles. The van der Waals surface area contributed by atoms with E-state index in [1.54, 1.807) is 11.8 Å². The van der Waals surface area contributed by atoms with Crippen LogP contribution in [0.15, 0.2) is 40.1 Å². The number of ether oxygens (including phenoxy) is 2. The second kappa shape index (κ2) is 16.0. The van der Waals surface area contributed by atoms with Gasteiger partial charge < -0.3 is 19.2 Å². The van der Waals surface area contributed by atoms with Crippen molar-refractivity contribution in [3.63, 3.8) is 0 Å². The first-order valence-electron chi connectivity index (χ1n) is 14.6. The average molecular weight is 587 g/mol. The molecular formula is C30H46N6O4S. The summed E-state index contributed by atoms with van der Waals surface area (Å²) in [7, 11) is 0. The first-order valence-corrected chi connectivity index (χ1v) is 15.6. The Morgan fingerprint density at radius 3 is 2.54 bits per heavy atom. The van der Waals surface area contributed by atoms with Gasteiger partial charge in [0.2, 0.25) is 11.8 Å². The third-order valence-corrected chi connectivity index (χ3v) is 7.85. The summed E-state index contributed by atoms with van der Waals surface area (Å²) < 4.78 is 19.6. The van der Waals surface area contributed by atoms with Crippen molar-refractivity contribution in [1.29, 1.82) is 0 Å². The molecule has 10 nitrogen and oxygen atoms in total. The zero-order valence-corrected chi connectivity index (χ0v) is 26.3. The summed E-state index contributed by atoms with van der Waals surface area (Å²) in [6.07, 6.45) is 7.33. The Bertz CT molecular complexity index is 1190. The van der Waals surface area contributed by atoms with Gasteiger partial charge in [0.15, 0.2) is 0 Å². The second-order valence-corrected chi connectivity index (χ2v) is 12.3. The predicted molar refractivity (Wildman–Crippen MR) is 160 cm³/mol. The van der Waals surface area contributed by atoms with Gasteiger partial charge >= 0.3 is 0 Å². The summed E-state index contributed by atoms with van der Waals surface area (Å²) in [5.74, 6) is 1.50. The van der Waals surface area contributed by atoms with Crippen LogP contribution in [0, 0.1) is 0 Å². The second-order valence-electron chi connectivity index (χ2n) is 11.2. The molecule has 0 unspecified atom stereocenters. The fourth-order valence-electron chi connectivity index (χ4n) is 4.04. The van der Waals surface area contributed by atoms with E-state index in [4.69, 9.17) is 13.9 Å². The number of benzene rings is 1. The number of hydrogen-bond acceptors (Lipinski definition) is 9. The lowest BCUT2D eigenvalue weighted by atomic mass is 9.96. The molecule has 41 heavy (non-hydrogen) atoms. The fourth-order valence-corrected chi connectivity index (χ4v) is 4.65. The molecule has 3 aromatic rings. The molecule has 0 bridgehead atoms. The number of unbranched alkanes of at least 4 members (excludes halogenated alkanes) is 2. The Kier molecular flexibility index (Phi) is 12.8. The molecule has 0 fully saturated rings. The van der Waals surface area contributed by atoms with Gasteiger partial charge in [0.1, 0.15) is 5.69 Å². The molecule has 0 saturated carbocycles. The van der Waals surface area contributed by atoms with E-state index in [9.17, 15) is 4.79 Å². The zero-order valence-electron chi connectivity index (χ0n) is 25.4. The number of rotatable bonds is 19. The molecule has 0 saturated heterocycles. The van der Waals surface area contributed by atoms with E-state index in [2.05, 4.69) is 67.4 Å². The standard InChI is InChI=1S/C30H46N6O4S/c1-7-9-10-17-31-26(37)15-18-38-22-25-21-36(35-32-25)29(3,4)16-19-39-30(5,6)24-13-11-23(12-14-24)27-33-34-28(40-27)41-20-8-2/h11-14,21H,7-10,15-20,22H2,1-6H3,(H,31,37). The van der Waals surface area contributed by atoms with Gasteiger partial charge in [0, 0.05) is 24.3 Å². The van der Waals surface area contributed by atoms with E-state index in [1.807, 2.05) is 35.1 Å². The SMILES string of the molecule is CCCCCNC(=O)CCOCc1cn(C(C)(C)CCOC(C)(C)c2ccc(-c3nnc(SCCC)o3)cc2)nn1. The first kappa shape index (κ1) is 32.8. The molecular weight excluding hydrogens is 540 g/mol. The number of nitrogens with one attached hydrogen (secondary N) is 1. The van der Waals surface area contributed by atoms with Gasteiger partial charge in [0.25, 0.3) is 5.22 Å². The minimum atomic E-state index is -0.477. The average Bonchev–Trinajstić information content (AvgIpc) is 3.63. The maximum absolute atomic E-state index is 11.9. The normalized spacial score (nSPS) is 12.1. The highest BCUT2D eigenvalue weighted by atomic mass is 32.2. The van der Waals surface area contributed by atoms with Gasteiger partial charge in [0.05, 0.1) is 37.2 Å². The van der Waals surface area contributed by atoms with Crippen LogP contribution in [0.25, 0.3) is 11.5 Å². The van der Waals surface area contributed by atoms with Crippen molar-refractivity contribution in [2.24, 2.45) is 0 Å². The monoisotopic (exact) mass is 586 g/mol. The van der Waals surface area contributed by atoms with Gasteiger partial charge in [-0.05, 0) is 64.7 Å². The van der Waals surface area contributed by atoms with Crippen molar-refractivity contribution in [2.75, 3.05) is 25.5 Å². The fraction of sp³-hybridized carbons (Fsp3) is 0.633. The van der Waals surface area contributed by atoms with Gasteiger partial charge in [-0.2, -0.15) is 0 Å². The van der Waals surface area contributed by atoms with Gasteiger partial charge in [-0.15, -0.1) is 15.3 Å². The molecule has 2 aromatic heterocycles. The van der Waals surface area contributed by atoms with E-state index >= 15 is 0 Å². The third kappa shape index (κ3) is 10.5. The molecule has 1 aromatic carbocycles. The maximum Gasteiger partial charge on any atom is 0.276 e. The smallest absolute Gasteiger partial charge is 0.276 e. The van der Waals surface area contributed by atoms with E-state index in [0.29, 0.717) is 37.4 Å². The number of carbonyl (C=O) groups is 1. The van der Waals surface area contributed by atoms with Crippen LogP contribution in [-0.2, 0) is 32.0 Å². The Morgan fingerprint density at radius 1 is 1.02 bits per heavy atom. The molecule has 226 valence electrons. The van der Waals surface area contributed by atoms with E-state index in [0.717, 1.165) is 61.2 Å². The Balaban J connectivity index is 1.42. The Hall–Kier alpha value is -2.76. The lowest BCUT2D eigenvalue weighted by Gasteiger charge is -2.30. The van der Waals surface area contributed by atoms with Crippen molar-refractivity contribution in [1.82, 2.24) is 30.5 Å². The summed E-state index contributed by atoms with van der Waals surface area (Å²) in [5.41, 5.74) is 1.91. The molecule has 0 aliphatic rings. The Morgan fingerprint density at radius 2 is 1.80 bits per heavy atom. The van der Waals surface area contributed by atoms with Crippen LogP contribution in [0.5, 0.6) is 0 Å². The number of carbonyl (C=O) groups excluding carboxylic acids is 1. The van der Waals surface area contributed by atoms with Crippen molar-refractivity contribution >= 4 is 17.7 Å². The highest BCUT2D eigenvalue weighted by Gasteiger charge is 2.26. The molecule has 0 atom stereocenters. The number of hydrogen-bond donors (Lipinski definition) is 1. The molecule has 0 spiro atoms. The summed E-state index contributed by atoms with van der Waals surface area (Å²) in [6, 6.07) is 8.07. The summed E-state index contributed by atoms with van der Waals surface area (Å²) >= 11 is 1.57. The first-order chi connectivity index (χ1) is 19.6. The summed E-state index contributed by atoms with van der Waals surface area (Å²) in [6.45, 7) is 14.6. The van der Waals surface area contributed by atoms with Crippen LogP contribution in [0.3, 0.4) is 0 Å². The van der Waals surface area contributed by atoms with E-state index in [-0.39, 0.29) is 11.4 Å². The largest absolute Gasteiger partial charge is 0.411 e. The number of thioether (sulfide) groups is 1. The van der Waals surface area contributed by atoms with Crippen molar-refractivity contribution in [2.45, 2.75) is 103 Å². The lowest BCUT2D eigenvalue weighted by molar-refractivity contribution is -0.122. The minimum Gasteiger partial charge on any atom is -0.411 e. The van der Waals surface area contributed by atoms with Gasteiger partial charge in [-0.25, -0.2) is 4.68 Å². The predicted octanol–water partition coefficient (Wildman–Crippen LogP) is 6.12. The van der Waals surface area contributed by atoms with Crippen molar-refractivity contribution in [3.8, 4) is 11.5 Å². The van der Waals surface area contributed by atoms with E-state index in [1.165, 1.54) is 0 Å². The lowest BCUT2D eigenvalue weighted by Crippen LogP contribution is -2.31. The van der Waals surface area contributed by atoms with Crippen LogP contribution in [-0.4, -0.2) is 56.6 Å². The zero-order chi connectivity index (χ0) is 29.7. The minimum absolute atomic E-state index is 0.0205. The third-order valence-electron chi connectivity index (χ3n) is 6.83. The molecule has 3 rings (SSSR count). The summed E-state index contributed by atoms with van der Waals surface area (Å²) in [5, 5.41) is 20.4. The van der Waals surface area contributed by atoms with Crippen LogP contribution >= 0.6 is 11.8 Å². The number of aromatic nitrogens is 5. The molecule has 2 heterocycles. The maximum atomic E-state index is 11.9. The molecule has 1 N–H and O–H groups in total. The van der Waals surface area contributed by atoms with Crippen LogP contribution in [0.2, 0.25) is 0 Å². The van der Waals surface area contributed by atoms with Gasteiger partial charge in [-0.3, -0.25) is 4.79 Å².